The van der Waals surface area contributed by atoms with Gasteiger partial charge in [-0.3, -0.25) is 0 Å². The van der Waals surface area contributed by atoms with Crippen LogP contribution in [0.3, 0.4) is 0 Å². The molecule has 0 amide bonds. The molecular formula is C40H26N6O4Pt. The first-order chi connectivity index (χ1) is 25.1. The summed E-state index contributed by atoms with van der Waals surface area (Å²) < 4.78 is 28.9. The first kappa shape index (κ1) is 27.9. The molecule has 0 aliphatic carbocycles. The number of fused-ring (bicyclic) bond motifs is 8. The third-order valence-electron chi connectivity index (χ3n) is 11.0. The van der Waals surface area contributed by atoms with Crippen LogP contribution in [0.4, 0.5) is 5.69 Å². The molecule has 0 aromatic heterocycles. The van der Waals surface area contributed by atoms with Crippen molar-refractivity contribution in [3.05, 3.63) is 148 Å². The van der Waals surface area contributed by atoms with Crippen molar-refractivity contribution in [1.82, 2.24) is 19.6 Å². The number of hydrogen-bond donors (Lipinski definition) is 0. The summed E-state index contributed by atoms with van der Waals surface area (Å²) >= 11 is -0.824. The van der Waals surface area contributed by atoms with Crippen LogP contribution in [0.1, 0.15) is 52.0 Å². The molecule has 250 valence electrons. The molecule has 4 saturated heterocycles. The van der Waals surface area contributed by atoms with Gasteiger partial charge in [0.05, 0.1) is 0 Å². The minimum absolute atomic E-state index is 0.0320. The molecule has 4 unspecified atom stereocenters. The second-order valence-corrected chi connectivity index (χ2v) is 16.3. The molecule has 0 radical (unpaired) electrons. The van der Waals surface area contributed by atoms with E-state index in [9.17, 15) is 5.26 Å². The van der Waals surface area contributed by atoms with Crippen molar-refractivity contribution in [2.75, 3.05) is 26.4 Å². The van der Waals surface area contributed by atoms with E-state index in [0.29, 0.717) is 37.7 Å². The molecule has 4 fully saturated rings. The van der Waals surface area contributed by atoms with Gasteiger partial charge in [-0.15, -0.1) is 0 Å². The van der Waals surface area contributed by atoms with Crippen molar-refractivity contribution < 1.29 is 36.6 Å². The molecular weight excluding hydrogens is 824 g/mol. The summed E-state index contributed by atoms with van der Waals surface area (Å²) in [7, 11) is 0. The van der Waals surface area contributed by atoms with Crippen LogP contribution in [0.2, 0.25) is 0 Å². The Hall–Kier alpha value is -5.83. The normalized spacial score (nSPS) is 25.2. The van der Waals surface area contributed by atoms with Gasteiger partial charge in [0.15, 0.2) is 0 Å². The van der Waals surface area contributed by atoms with E-state index in [1.54, 1.807) is 0 Å². The van der Waals surface area contributed by atoms with E-state index in [4.69, 9.17) is 25.5 Å². The van der Waals surface area contributed by atoms with Crippen LogP contribution in [0.25, 0.3) is 27.1 Å². The Bertz CT molecular complexity index is 2240. The molecule has 12 rings (SSSR count). The molecule has 10 nitrogen and oxygen atoms in total. The van der Waals surface area contributed by atoms with Crippen LogP contribution in [-0.4, -0.2) is 54.3 Å². The first-order valence-electron chi connectivity index (χ1n) is 16.9. The number of ether oxygens (including phenoxy) is 4. The average Bonchev–Trinajstić information content (AvgIpc) is 4.02. The molecule has 4 aromatic rings. The third kappa shape index (κ3) is 3.68. The van der Waals surface area contributed by atoms with Crippen LogP contribution < -0.4 is 0 Å². The number of rotatable bonds is 2. The van der Waals surface area contributed by atoms with Gasteiger partial charge in [-0.05, 0) is 0 Å². The Labute approximate surface area is 300 Å². The molecule has 4 atom stereocenters. The standard InChI is InChI=1S/C40H26N6O4.Pt/c1-42-32-8-6-25(7-9-32)27-12-30-15-31(13-27)36-20-50-40-38-44(22-46(36)40)34(18-48-38)29-11-26(24-4-2-23(16-41)3-5-24)10-28(14-29)33-17-47-37-39-45(21-43(33)37)35(30)19-49-39;/h2-15,33-36H,17-20H2;. The summed E-state index contributed by atoms with van der Waals surface area (Å²) in [5.74, 6) is 3.18. The molecule has 8 heterocycles. The molecule has 0 saturated carbocycles. The number of nitriles is 1. The third-order valence-corrected chi connectivity index (χ3v) is 14.3. The van der Waals surface area contributed by atoms with Crippen LogP contribution >= 0.6 is 0 Å². The van der Waals surface area contributed by atoms with Crippen molar-refractivity contribution in [2.24, 2.45) is 0 Å². The number of benzene rings is 4. The average molecular weight is 850 g/mol. The first-order valence-corrected chi connectivity index (χ1v) is 19.2. The van der Waals surface area contributed by atoms with Gasteiger partial charge in [0, 0.05) is 0 Å². The second kappa shape index (κ2) is 9.90. The molecule has 0 spiro atoms. The van der Waals surface area contributed by atoms with Gasteiger partial charge in [-0.25, -0.2) is 0 Å². The van der Waals surface area contributed by atoms with Gasteiger partial charge in [-0.1, -0.05) is 0 Å². The zero-order chi connectivity index (χ0) is 33.5. The molecule has 11 heteroatoms. The SMILES string of the molecule is [C-]#[N+]c1ccc(-c2cc3cc(c2)C2COC4=C5OCC6c7cc(-c8ccc(C#N)cc8)cc(c7)C7COC8=C9OCC3N9[C](=[Pt]=[C](N56)N42)N87)cc1. The van der Waals surface area contributed by atoms with Crippen molar-refractivity contribution in [2.45, 2.75) is 24.2 Å². The van der Waals surface area contributed by atoms with Gasteiger partial charge in [0.1, 0.15) is 0 Å². The molecule has 4 aromatic carbocycles. The van der Waals surface area contributed by atoms with E-state index in [1.165, 1.54) is 30.5 Å². The van der Waals surface area contributed by atoms with Crippen LogP contribution in [0.5, 0.6) is 0 Å². The fourth-order valence-electron chi connectivity index (χ4n) is 8.57. The summed E-state index contributed by atoms with van der Waals surface area (Å²) in [6.45, 7) is 9.55. The monoisotopic (exact) mass is 849 g/mol. The topological polar surface area (TPSA) is 78.0 Å². The van der Waals surface area contributed by atoms with E-state index in [0.717, 1.165) is 45.8 Å². The Morgan fingerprint density at radius 1 is 0.549 bits per heavy atom. The maximum atomic E-state index is 9.46. The van der Waals surface area contributed by atoms with Crippen molar-refractivity contribution in [3.8, 4) is 28.3 Å². The summed E-state index contributed by atoms with van der Waals surface area (Å²) in [5, 5.41) is 9.46. The van der Waals surface area contributed by atoms with Crippen LogP contribution in [0.15, 0.2) is 108 Å². The number of hydrogen-bond acceptors (Lipinski definition) is 9. The molecule has 6 bridgehead atoms. The Balaban J connectivity index is 1.10. The molecule has 0 N–H and O–H groups in total. The molecule has 8 aliphatic heterocycles. The van der Waals surface area contributed by atoms with E-state index in [-0.39, 0.29) is 24.2 Å². The Kier molecular flexibility index (Phi) is 5.42. The van der Waals surface area contributed by atoms with Gasteiger partial charge in [0.25, 0.3) is 0 Å². The van der Waals surface area contributed by atoms with Crippen molar-refractivity contribution >= 4 is 14.0 Å². The molecule has 8 aliphatic rings. The summed E-state index contributed by atoms with van der Waals surface area (Å²) in [6.07, 6.45) is 0. The zero-order valence-electron chi connectivity index (χ0n) is 26.9. The fourth-order valence-corrected chi connectivity index (χ4v) is 12.5. The fraction of sp³-hybridized carbons (Fsp3) is 0.200. The van der Waals surface area contributed by atoms with Crippen LogP contribution in [-0.2, 0) is 36.6 Å². The van der Waals surface area contributed by atoms with Crippen molar-refractivity contribution in [1.29, 1.82) is 5.26 Å². The summed E-state index contributed by atoms with van der Waals surface area (Å²) in [6, 6.07) is 31.6. The van der Waals surface area contributed by atoms with Crippen LogP contribution in [0, 0.1) is 17.9 Å². The number of nitrogens with zero attached hydrogens (tertiary/aromatic N) is 6. The van der Waals surface area contributed by atoms with Gasteiger partial charge >= 0.3 is 295 Å². The predicted molar refractivity (Wildman–Crippen MR) is 181 cm³/mol. The van der Waals surface area contributed by atoms with Gasteiger partial charge in [0.2, 0.25) is 0 Å². The Morgan fingerprint density at radius 3 is 1.27 bits per heavy atom. The van der Waals surface area contributed by atoms with E-state index < -0.39 is 17.6 Å². The predicted octanol–water partition coefficient (Wildman–Crippen LogP) is 6.20. The van der Waals surface area contributed by atoms with Gasteiger partial charge < -0.3 is 6.57 Å². The summed E-state index contributed by atoms with van der Waals surface area (Å²) in [4.78, 5) is 13.3. The van der Waals surface area contributed by atoms with Gasteiger partial charge in [-0.2, -0.15) is 0 Å². The maximum absolute atomic E-state index is 9.46. The van der Waals surface area contributed by atoms with Crippen molar-refractivity contribution in [3.63, 3.8) is 0 Å². The quantitative estimate of drug-likeness (QED) is 0.219. The van der Waals surface area contributed by atoms with E-state index in [1.807, 2.05) is 48.5 Å². The van der Waals surface area contributed by atoms with E-state index >= 15 is 0 Å². The Morgan fingerprint density at radius 2 is 0.922 bits per heavy atom. The zero-order valence-corrected chi connectivity index (χ0v) is 29.1. The second-order valence-electron chi connectivity index (χ2n) is 13.7. The van der Waals surface area contributed by atoms with E-state index in [2.05, 4.69) is 66.9 Å². The minimum atomic E-state index is -0.824. The summed E-state index contributed by atoms with van der Waals surface area (Å²) in [5.41, 5.74) is 10.3. The molecule has 51 heavy (non-hydrogen) atoms.